The van der Waals surface area contributed by atoms with Gasteiger partial charge in [-0.2, -0.15) is 0 Å². The Bertz CT molecular complexity index is 787. The van der Waals surface area contributed by atoms with Gasteiger partial charge in [0.05, 0.1) is 0 Å². The van der Waals surface area contributed by atoms with E-state index in [1.807, 2.05) is 42.2 Å². The van der Waals surface area contributed by atoms with E-state index in [0.29, 0.717) is 11.9 Å². The molecule has 4 rings (SSSR count). The number of hydrogen-bond acceptors (Lipinski definition) is 4. The molecular weight excluding hydrogens is 312 g/mol. The number of hydrogen-bond donors (Lipinski definition) is 1. The summed E-state index contributed by atoms with van der Waals surface area (Å²) < 4.78 is 0. The average Bonchev–Trinajstić information content (AvgIpc) is 3.09. The predicted molar refractivity (Wildman–Crippen MR) is 99.3 cm³/mol. The first-order valence-electron chi connectivity index (χ1n) is 8.98. The molecule has 2 N–H and O–H groups in total. The van der Waals surface area contributed by atoms with E-state index in [-0.39, 0.29) is 5.91 Å². The number of nitrogens with zero attached hydrogens (tertiary/aromatic N) is 3. The maximum atomic E-state index is 12.8. The average molecular weight is 336 g/mol. The number of nitrogens with two attached hydrogens (primary N) is 1. The molecule has 2 saturated heterocycles. The van der Waals surface area contributed by atoms with Crippen molar-refractivity contribution >= 4 is 11.7 Å². The van der Waals surface area contributed by atoms with Gasteiger partial charge in [0.25, 0.3) is 5.91 Å². The molecule has 3 heterocycles. The zero-order chi connectivity index (χ0) is 17.4. The second-order valence-electron chi connectivity index (χ2n) is 7.08. The van der Waals surface area contributed by atoms with E-state index in [2.05, 4.69) is 9.88 Å². The minimum atomic E-state index is 0.144. The zero-order valence-electron chi connectivity index (χ0n) is 14.6. The fourth-order valence-electron chi connectivity index (χ4n) is 4.03. The number of pyridine rings is 1. The maximum Gasteiger partial charge on any atom is 0.253 e. The third kappa shape index (κ3) is 3.12. The summed E-state index contributed by atoms with van der Waals surface area (Å²) >= 11 is 0. The van der Waals surface area contributed by atoms with Gasteiger partial charge in [0.2, 0.25) is 0 Å². The maximum absolute atomic E-state index is 12.8. The van der Waals surface area contributed by atoms with Crippen molar-refractivity contribution in [1.29, 1.82) is 0 Å². The third-order valence-electron chi connectivity index (χ3n) is 5.45. The molecule has 130 valence electrons. The number of piperazine rings is 1. The summed E-state index contributed by atoms with van der Waals surface area (Å²) in [4.78, 5) is 21.5. The molecule has 0 unspecified atom stereocenters. The minimum absolute atomic E-state index is 0.144. The van der Waals surface area contributed by atoms with Crippen LogP contribution in [-0.4, -0.2) is 52.9 Å². The monoisotopic (exact) mass is 336 g/mol. The van der Waals surface area contributed by atoms with Gasteiger partial charge in [-0.3, -0.25) is 9.69 Å². The molecule has 2 aliphatic heterocycles. The van der Waals surface area contributed by atoms with Gasteiger partial charge in [0, 0.05) is 43.0 Å². The number of carbonyl (C=O) groups is 1. The van der Waals surface area contributed by atoms with Crippen LogP contribution in [0.3, 0.4) is 0 Å². The number of benzene rings is 1. The molecule has 0 spiro atoms. The molecule has 1 atom stereocenters. The van der Waals surface area contributed by atoms with E-state index in [4.69, 9.17) is 5.73 Å². The highest BCUT2D eigenvalue weighted by Gasteiger charge is 2.32. The number of carbonyl (C=O) groups excluding carboxylic acids is 1. The SMILES string of the molecule is Cc1cc(N)ncc1-c1ccc(C(=O)N2CCN3CCC[C@@H]3C2)cc1. The summed E-state index contributed by atoms with van der Waals surface area (Å²) in [5, 5.41) is 0. The molecule has 0 radical (unpaired) electrons. The van der Waals surface area contributed by atoms with Gasteiger partial charge in [-0.1, -0.05) is 12.1 Å². The van der Waals surface area contributed by atoms with Crippen molar-refractivity contribution in [3.8, 4) is 11.1 Å². The van der Waals surface area contributed by atoms with E-state index in [1.54, 1.807) is 6.20 Å². The highest BCUT2D eigenvalue weighted by molar-refractivity contribution is 5.95. The molecular formula is C20H24N4O. The van der Waals surface area contributed by atoms with Gasteiger partial charge in [-0.25, -0.2) is 4.98 Å². The second kappa shape index (κ2) is 6.48. The van der Waals surface area contributed by atoms with Crippen molar-refractivity contribution in [3.63, 3.8) is 0 Å². The summed E-state index contributed by atoms with van der Waals surface area (Å²) in [5.41, 5.74) is 9.68. The van der Waals surface area contributed by atoms with Crippen LogP contribution in [-0.2, 0) is 0 Å². The molecule has 0 aliphatic carbocycles. The van der Waals surface area contributed by atoms with E-state index in [9.17, 15) is 4.79 Å². The fourth-order valence-corrected chi connectivity index (χ4v) is 4.03. The molecule has 2 fully saturated rings. The van der Waals surface area contributed by atoms with Crippen molar-refractivity contribution in [2.75, 3.05) is 31.9 Å². The number of amides is 1. The van der Waals surface area contributed by atoms with Crippen molar-refractivity contribution < 1.29 is 4.79 Å². The zero-order valence-corrected chi connectivity index (χ0v) is 14.6. The van der Waals surface area contributed by atoms with E-state index in [0.717, 1.165) is 41.9 Å². The van der Waals surface area contributed by atoms with Crippen LogP contribution in [0.4, 0.5) is 5.82 Å². The number of fused-ring (bicyclic) bond motifs is 1. The summed E-state index contributed by atoms with van der Waals surface area (Å²) in [6.45, 7) is 5.91. The Hall–Kier alpha value is -2.40. The van der Waals surface area contributed by atoms with Crippen LogP contribution in [0.2, 0.25) is 0 Å². The summed E-state index contributed by atoms with van der Waals surface area (Å²) in [5.74, 6) is 0.671. The van der Waals surface area contributed by atoms with E-state index >= 15 is 0 Å². The van der Waals surface area contributed by atoms with Gasteiger partial charge in [-0.05, 0) is 55.6 Å². The number of anilines is 1. The highest BCUT2D eigenvalue weighted by atomic mass is 16.2. The van der Waals surface area contributed by atoms with E-state index < -0.39 is 0 Å². The molecule has 1 aromatic carbocycles. The lowest BCUT2D eigenvalue weighted by atomic mass is 10.0. The van der Waals surface area contributed by atoms with E-state index in [1.165, 1.54) is 19.4 Å². The molecule has 0 saturated carbocycles. The Morgan fingerprint density at radius 1 is 1.20 bits per heavy atom. The van der Waals surface area contributed by atoms with Crippen molar-refractivity contribution in [1.82, 2.24) is 14.8 Å². The Labute approximate surface area is 148 Å². The quantitative estimate of drug-likeness (QED) is 0.915. The molecule has 1 aromatic heterocycles. The Morgan fingerprint density at radius 3 is 2.76 bits per heavy atom. The molecule has 0 bridgehead atoms. The highest BCUT2D eigenvalue weighted by Crippen LogP contribution is 2.25. The smallest absolute Gasteiger partial charge is 0.253 e. The fraction of sp³-hybridized carbons (Fsp3) is 0.400. The van der Waals surface area contributed by atoms with Crippen LogP contribution in [0.5, 0.6) is 0 Å². The minimum Gasteiger partial charge on any atom is -0.384 e. The first-order valence-corrected chi connectivity index (χ1v) is 8.98. The predicted octanol–water partition coefficient (Wildman–Crippen LogP) is 2.56. The summed E-state index contributed by atoms with van der Waals surface area (Å²) in [6, 6.07) is 10.3. The van der Waals surface area contributed by atoms with Crippen LogP contribution >= 0.6 is 0 Å². The first-order chi connectivity index (χ1) is 12.1. The summed E-state index contributed by atoms with van der Waals surface area (Å²) in [7, 11) is 0. The largest absolute Gasteiger partial charge is 0.384 e. The second-order valence-corrected chi connectivity index (χ2v) is 7.08. The van der Waals surface area contributed by atoms with Crippen LogP contribution in [0.15, 0.2) is 36.5 Å². The van der Waals surface area contributed by atoms with Crippen molar-refractivity contribution in [3.05, 3.63) is 47.7 Å². The van der Waals surface area contributed by atoms with Crippen LogP contribution in [0, 0.1) is 6.92 Å². The first kappa shape index (κ1) is 16.1. The number of nitrogen functional groups attached to an aromatic ring is 1. The Kier molecular flexibility index (Phi) is 4.17. The number of aryl methyl sites for hydroxylation is 1. The molecule has 1 amide bonds. The lowest BCUT2D eigenvalue weighted by molar-refractivity contribution is 0.0571. The van der Waals surface area contributed by atoms with Gasteiger partial charge in [-0.15, -0.1) is 0 Å². The normalized spacial score (nSPS) is 20.5. The third-order valence-corrected chi connectivity index (χ3v) is 5.45. The molecule has 2 aliphatic rings. The van der Waals surface area contributed by atoms with Gasteiger partial charge < -0.3 is 10.6 Å². The van der Waals surface area contributed by atoms with Crippen LogP contribution in [0.1, 0.15) is 28.8 Å². The number of aromatic nitrogens is 1. The van der Waals surface area contributed by atoms with Gasteiger partial charge in [0.1, 0.15) is 5.82 Å². The number of rotatable bonds is 2. The topological polar surface area (TPSA) is 62.5 Å². The molecule has 25 heavy (non-hydrogen) atoms. The Morgan fingerprint density at radius 2 is 2.00 bits per heavy atom. The van der Waals surface area contributed by atoms with Crippen LogP contribution < -0.4 is 5.73 Å². The lowest BCUT2D eigenvalue weighted by Gasteiger charge is -2.37. The molecule has 2 aromatic rings. The van der Waals surface area contributed by atoms with Gasteiger partial charge >= 0.3 is 0 Å². The van der Waals surface area contributed by atoms with Crippen molar-refractivity contribution in [2.45, 2.75) is 25.8 Å². The lowest BCUT2D eigenvalue weighted by Crippen LogP contribution is -2.52. The Balaban J connectivity index is 1.50. The summed E-state index contributed by atoms with van der Waals surface area (Å²) in [6.07, 6.45) is 4.27. The van der Waals surface area contributed by atoms with Crippen LogP contribution in [0.25, 0.3) is 11.1 Å². The standard InChI is InChI=1S/C20H24N4O/c1-14-11-19(21)22-12-18(14)15-4-6-16(7-5-15)20(25)24-10-9-23-8-2-3-17(23)13-24/h4-7,11-12,17H,2-3,8-10,13H2,1H3,(H2,21,22)/t17-/m1/s1. The molecule has 5 heteroatoms. The molecule has 5 nitrogen and oxygen atoms in total. The van der Waals surface area contributed by atoms with Gasteiger partial charge in [0.15, 0.2) is 0 Å². The van der Waals surface area contributed by atoms with Crippen molar-refractivity contribution in [2.24, 2.45) is 0 Å².